The summed E-state index contributed by atoms with van der Waals surface area (Å²) in [6, 6.07) is 0. The van der Waals surface area contributed by atoms with Crippen LogP contribution in [0.15, 0.2) is 0 Å². The molecule has 0 saturated carbocycles. The molecule has 1 heterocycles. The fourth-order valence-corrected chi connectivity index (χ4v) is 2.11. The molecule has 1 saturated heterocycles. The van der Waals surface area contributed by atoms with Crippen LogP contribution in [-0.2, 0) is 0 Å². The number of hydrogen-bond donors (Lipinski definition) is 1. The molecule has 1 aliphatic rings. The summed E-state index contributed by atoms with van der Waals surface area (Å²) >= 11 is 1.94. The van der Waals surface area contributed by atoms with Gasteiger partial charge in [-0.1, -0.05) is 13.8 Å². The molecular weight excluding hydrogens is 142 g/mol. The quantitative estimate of drug-likeness (QED) is 0.661. The lowest BCUT2D eigenvalue weighted by molar-refractivity contribution is 0.417. The molecule has 2 atom stereocenters. The monoisotopic (exact) mass is 159 g/mol. The Labute approximate surface area is 68.0 Å². The van der Waals surface area contributed by atoms with Crippen LogP contribution in [-0.4, -0.2) is 18.2 Å². The Hall–Kier alpha value is 0.310. The van der Waals surface area contributed by atoms with Crippen molar-refractivity contribution < 1.29 is 0 Å². The minimum absolute atomic E-state index is 0.729. The van der Waals surface area contributed by atoms with E-state index in [-0.39, 0.29) is 0 Å². The van der Waals surface area contributed by atoms with Gasteiger partial charge in [-0.2, -0.15) is 0 Å². The Morgan fingerprint density at radius 2 is 2.20 bits per heavy atom. The van der Waals surface area contributed by atoms with Crippen molar-refractivity contribution in [2.75, 3.05) is 12.8 Å². The molecule has 0 radical (unpaired) electrons. The third-order valence-corrected chi connectivity index (χ3v) is 3.28. The average molecular weight is 159 g/mol. The van der Waals surface area contributed by atoms with Crippen LogP contribution in [0.4, 0.5) is 0 Å². The highest BCUT2D eigenvalue weighted by molar-refractivity contribution is 7.99. The van der Waals surface area contributed by atoms with E-state index in [1.54, 1.807) is 0 Å². The van der Waals surface area contributed by atoms with Crippen LogP contribution >= 0.6 is 11.8 Å². The summed E-state index contributed by atoms with van der Waals surface area (Å²) in [5.41, 5.74) is 0. The van der Waals surface area contributed by atoms with Crippen molar-refractivity contribution in [2.24, 2.45) is 11.8 Å². The first-order valence-corrected chi connectivity index (χ1v) is 5.29. The second-order valence-corrected chi connectivity index (χ2v) is 4.41. The van der Waals surface area contributed by atoms with Gasteiger partial charge in [0.2, 0.25) is 0 Å². The number of hydrogen-bond acceptors (Lipinski definition) is 2. The first-order valence-electron chi connectivity index (χ1n) is 4.00. The molecule has 0 amide bonds. The standard InChI is InChI=1S/C8H17NS/c1-6(2)7-4-8(10-3)9-5-7/h6-9H,4-5H2,1-3H3. The lowest BCUT2D eigenvalue weighted by atomic mass is 9.95. The molecule has 1 rings (SSSR count). The Kier molecular flexibility index (Phi) is 3.05. The predicted octanol–water partition coefficient (Wildman–Crippen LogP) is 1.94. The van der Waals surface area contributed by atoms with Crippen LogP contribution in [0.2, 0.25) is 0 Å². The smallest absolute Gasteiger partial charge is 0.0532 e. The molecule has 1 N–H and O–H groups in total. The topological polar surface area (TPSA) is 12.0 Å². The zero-order valence-corrected chi connectivity index (χ0v) is 7.87. The molecule has 0 aromatic heterocycles. The van der Waals surface area contributed by atoms with E-state index in [0.717, 1.165) is 17.2 Å². The van der Waals surface area contributed by atoms with Gasteiger partial charge in [0.25, 0.3) is 0 Å². The summed E-state index contributed by atoms with van der Waals surface area (Å²) < 4.78 is 0. The van der Waals surface area contributed by atoms with Gasteiger partial charge in [0, 0.05) is 0 Å². The highest BCUT2D eigenvalue weighted by atomic mass is 32.2. The molecule has 1 nitrogen and oxygen atoms in total. The molecule has 0 bridgehead atoms. The Balaban J connectivity index is 2.28. The van der Waals surface area contributed by atoms with Gasteiger partial charge >= 0.3 is 0 Å². The van der Waals surface area contributed by atoms with Gasteiger partial charge in [-0.25, -0.2) is 0 Å². The summed E-state index contributed by atoms with van der Waals surface area (Å²) in [5.74, 6) is 1.77. The minimum Gasteiger partial charge on any atom is -0.305 e. The number of rotatable bonds is 2. The van der Waals surface area contributed by atoms with Crippen molar-refractivity contribution in [2.45, 2.75) is 25.6 Å². The lowest BCUT2D eigenvalue weighted by Crippen LogP contribution is -2.17. The molecule has 0 aromatic carbocycles. The summed E-state index contributed by atoms with van der Waals surface area (Å²) in [4.78, 5) is 0. The predicted molar refractivity (Wildman–Crippen MR) is 48.3 cm³/mol. The first-order chi connectivity index (χ1) is 4.74. The molecule has 2 heteroatoms. The second-order valence-electron chi connectivity index (χ2n) is 3.37. The van der Waals surface area contributed by atoms with Gasteiger partial charge in [-0.05, 0) is 31.1 Å². The van der Waals surface area contributed by atoms with Crippen LogP contribution in [0.25, 0.3) is 0 Å². The number of nitrogens with one attached hydrogen (secondary N) is 1. The molecule has 0 aromatic rings. The highest BCUT2D eigenvalue weighted by Gasteiger charge is 2.24. The molecule has 1 aliphatic heterocycles. The van der Waals surface area contributed by atoms with Crippen molar-refractivity contribution in [1.82, 2.24) is 5.32 Å². The van der Waals surface area contributed by atoms with Crippen LogP contribution in [0.5, 0.6) is 0 Å². The molecule has 10 heavy (non-hydrogen) atoms. The van der Waals surface area contributed by atoms with Crippen molar-refractivity contribution in [3.63, 3.8) is 0 Å². The largest absolute Gasteiger partial charge is 0.305 e. The first kappa shape index (κ1) is 8.41. The Morgan fingerprint density at radius 3 is 2.50 bits per heavy atom. The van der Waals surface area contributed by atoms with E-state index in [4.69, 9.17) is 0 Å². The maximum atomic E-state index is 3.50. The maximum absolute atomic E-state index is 3.50. The van der Waals surface area contributed by atoms with Gasteiger partial charge in [0.05, 0.1) is 5.37 Å². The van der Waals surface area contributed by atoms with E-state index < -0.39 is 0 Å². The molecule has 0 aliphatic carbocycles. The fourth-order valence-electron chi connectivity index (χ4n) is 1.41. The summed E-state index contributed by atoms with van der Waals surface area (Å²) in [7, 11) is 0. The Morgan fingerprint density at radius 1 is 1.50 bits per heavy atom. The van der Waals surface area contributed by atoms with E-state index in [1.807, 2.05) is 11.8 Å². The van der Waals surface area contributed by atoms with Gasteiger partial charge in [-0.3, -0.25) is 0 Å². The van der Waals surface area contributed by atoms with E-state index in [2.05, 4.69) is 25.4 Å². The van der Waals surface area contributed by atoms with Crippen LogP contribution in [0, 0.1) is 11.8 Å². The SMILES string of the molecule is CSC1CC(C(C)C)CN1. The van der Waals surface area contributed by atoms with Gasteiger partial charge in [0.1, 0.15) is 0 Å². The second kappa shape index (κ2) is 3.63. The van der Waals surface area contributed by atoms with Crippen molar-refractivity contribution in [3.8, 4) is 0 Å². The van der Waals surface area contributed by atoms with Crippen LogP contribution in [0.3, 0.4) is 0 Å². The lowest BCUT2D eigenvalue weighted by Gasteiger charge is -2.11. The Bertz CT molecular complexity index is 103. The van der Waals surface area contributed by atoms with Crippen molar-refractivity contribution in [3.05, 3.63) is 0 Å². The maximum Gasteiger partial charge on any atom is 0.0532 e. The van der Waals surface area contributed by atoms with Crippen LogP contribution in [0.1, 0.15) is 20.3 Å². The van der Waals surface area contributed by atoms with E-state index in [0.29, 0.717) is 0 Å². The summed E-state index contributed by atoms with van der Waals surface area (Å²) in [6.45, 7) is 5.85. The van der Waals surface area contributed by atoms with E-state index in [9.17, 15) is 0 Å². The van der Waals surface area contributed by atoms with Gasteiger partial charge in [0.15, 0.2) is 0 Å². The van der Waals surface area contributed by atoms with E-state index >= 15 is 0 Å². The third-order valence-electron chi connectivity index (χ3n) is 2.35. The normalized spacial score (nSPS) is 33.6. The molecular formula is C8H17NS. The van der Waals surface area contributed by atoms with Gasteiger partial charge < -0.3 is 5.32 Å². The van der Waals surface area contributed by atoms with E-state index in [1.165, 1.54) is 13.0 Å². The molecule has 60 valence electrons. The average Bonchev–Trinajstić information content (AvgIpc) is 2.34. The fraction of sp³-hybridized carbons (Fsp3) is 1.00. The number of thioether (sulfide) groups is 1. The third kappa shape index (κ3) is 1.89. The zero-order chi connectivity index (χ0) is 7.56. The summed E-state index contributed by atoms with van der Waals surface area (Å²) in [5, 5.41) is 4.23. The minimum atomic E-state index is 0.729. The molecule has 0 spiro atoms. The van der Waals surface area contributed by atoms with Crippen LogP contribution < -0.4 is 5.32 Å². The zero-order valence-electron chi connectivity index (χ0n) is 7.05. The van der Waals surface area contributed by atoms with Crippen molar-refractivity contribution >= 4 is 11.8 Å². The highest BCUT2D eigenvalue weighted by Crippen LogP contribution is 2.26. The van der Waals surface area contributed by atoms with Gasteiger partial charge in [-0.15, -0.1) is 11.8 Å². The molecule has 2 unspecified atom stereocenters. The molecule has 1 fully saturated rings. The summed E-state index contributed by atoms with van der Waals surface area (Å²) in [6.07, 6.45) is 3.54. The van der Waals surface area contributed by atoms with Crippen molar-refractivity contribution in [1.29, 1.82) is 0 Å².